The van der Waals surface area contributed by atoms with Crippen LogP contribution in [0.3, 0.4) is 0 Å². The molecule has 0 amide bonds. The molecular weight excluding hydrogens is 311 g/mol. The molecule has 0 saturated carbocycles. The molecule has 0 saturated heterocycles. The predicted molar refractivity (Wildman–Crippen MR) is 76.1 cm³/mol. The first-order valence-electron chi connectivity index (χ1n) is 6.18. The molecule has 2 rings (SSSR count). The summed E-state index contributed by atoms with van der Waals surface area (Å²) < 4.78 is 16.1. The van der Waals surface area contributed by atoms with E-state index in [0.717, 1.165) is 25.1 Å². The SMILES string of the molecule is CCCNCc1ccc(F)c(-c2c(Br)nnn2C)c1. The molecule has 2 aromatic rings. The number of nitrogens with zero attached hydrogens (tertiary/aromatic N) is 3. The van der Waals surface area contributed by atoms with E-state index in [2.05, 4.69) is 38.5 Å². The molecule has 19 heavy (non-hydrogen) atoms. The van der Waals surface area contributed by atoms with Gasteiger partial charge in [0.1, 0.15) is 11.5 Å². The standard InChI is InChI=1S/C13H16BrFN4/c1-3-6-16-8-9-4-5-11(15)10(7-9)12-13(14)17-18-19(12)2/h4-5,7,16H,3,6,8H2,1-2H3. The van der Waals surface area contributed by atoms with Gasteiger partial charge in [-0.2, -0.15) is 0 Å². The van der Waals surface area contributed by atoms with Crippen molar-refractivity contribution in [1.29, 1.82) is 0 Å². The summed E-state index contributed by atoms with van der Waals surface area (Å²) in [4.78, 5) is 0. The largest absolute Gasteiger partial charge is 0.313 e. The Morgan fingerprint density at radius 2 is 2.21 bits per heavy atom. The number of aryl methyl sites for hydroxylation is 1. The minimum atomic E-state index is -0.273. The minimum Gasteiger partial charge on any atom is -0.313 e. The zero-order valence-corrected chi connectivity index (χ0v) is 12.5. The maximum absolute atomic E-state index is 14.0. The highest BCUT2D eigenvalue weighted by Crippen LogP contribution is 2.28. The van der Waals surface area contributed by atoms with Gasteiger partial charge in [-0.1, -0.05) is 18.2 Å². The van der Waals surface area contributed by atoms with Crippen LogP contribution in [0.15, 0.2) is 22.8 Å². The summed E-state index contributed by atoms with van der Waals surface area (Å²) in [6.45, 7) is 3.79. The fraction of sp³-hybridized carbons (Fsp3) is 0.385. The van der Waals surface area contributed by atoms with Crippen molar-refractivity contribution >= 4 is 15.9 Å². The van der Waals surface area contributed by atoms with Gasteiger partial charge in [0.15, 0.2) is 4.60 Å². The lowest BCUT2D eigenvalue weighted by molar-refractivity contribution is 0.624. The van der Waals surface area contributed by atoms with Gasteiger partial charge < -0.3 is 5.32 Å². The highest BCUT2D eigenvalue weighted by molar-refractivity contribution is 9.10. The van der Waals surface area contributed by atoms with E-state index in [1.165, 1.54) is 6.07 Å². The van der Waals surface area contributed by atoms with Gasteiger partial charge in [-0.15, -0.1) is 5.10 Å². The molecular formula is C13H16BrFN4. The van der Waals surface area contributed by atoms with Crippen LogP contribution in [0, 0.1) is 5.82 Å². The molecule has 0 bridgehead atoms. The molecule has 1 heterocycles. The third-order valence-electron chi connectivity index (χ3n) is 2.83. The van der Waals surface area contributed by atoms with E-state index in [9.17, 15) is 4.39 Å². The van der Waals surface area contributed by atoms with Crippen LogP contribution in [0.25, 0.3) is 11.3 Å². The average molecular weight is 327 g/mol. The Labute approximate surface area is 120 Å². The smallest absolute Gasteiger partial charge is 0.156 e. The van der Waals surface area contributed by atoms with Gasteiger partial charge in [-0.25, -0.2) is 9.07 Å². The van der Waals surface area contributed by atoms with Crippen LogP contribution in [-0.4, -0.2) is 21.5 Å². The van der Waals surface area contributed by atoms with Crippen LogP contribution in [0.1, 0.15) is 18.9 Å². The number of aromatic nitrogens is 3. The highest BCUT2D eigenvalue weighted by atomic mass is 79.9. The lowest BCUT2D eigenvalue weighted by Crippen LogP contribution is -2.13. The van der Waals surface area contributed by atoms with E-state index in [1.807, 2.05) is 6.07 Å². The van der Waals surface area contributed by atoms with Crippen molar-refractivity contribution in [2.24, 2.45) is 7.05 Å². The number of hydrogen-bond acceptors (Lipinski definition) is 3. The Morgan fingerprint density at radius 3 is 2.84 bits per heavy atom. The monoisotopic (exact) mass is 326 g/mol. The van der Waals surface area contributed by atoms with Gasteiger partial charge in [0.25, 0.3) is 0 Å². The molecule has 102 valence electrons. The molecule has 0 radical (unpaired) electrons. The first kappa shape index (κ1) is 14.1. The number of nitrogens with one attached hydrogen (secondary N) is 1. The maximum Gasteiger partial charge on any atom is 0.156 e. The van der Waals surface area contributed by atoms with Crippen LogP contribution in [0.4, 0.5) is 4.39 Å². The second-order valence-electron chi connectivity index (χ2n) is 4.34. The second-order valence-corrected chi connectivity index (χ2v) is 5.09. The molecule has 1 aromatic carbocycles. The van der Waals surface area contributed by atoms with Gasteiger partial charge in [0.2, 0.25) is 0 Å². The summed E-state index contributed by atoms with van der Waals surface area (Å²) in [6.07, 6.45) is 1.07. The molecule has 1 aromatic heterocycles. The van der Waals surface area contributed by atoms with Crippen LogP contribution >= 0.6 is 15.9 Å². The van der Waals surface area contributed by atoms with E-state index in [-0.39, 0.29) is 5.82 Å². The molecule has 6 heteroatoms. The molecule has 0 aliphatic heterocycles. The van der Waals surface area contributed by atoms with E-state index in [1.54, 1.807) is 17.8 Å². The van der Waals surface area contributed by atoms with Crippen molar-refractivity contribution in [3.05, 3.63) is 34.2 Å². The lowest BCUT2D eigenvalue weighted by atomic mass is 10.1. The third-order valence-corrected chi connectivity index (χ3v) is 3.36. The highest BCUT2D eigenvalue weighted by Gasteiger charge is 2.15. The topological polar surface area (TPSA) is 42.7 Å². The summed E-state index contributed by atoms with van der Waals surface area (Å²) >= 11 is 3.30. The van der Waals surface area contributed by atoms with Crippen molar-refractivity contribution in [2.75, 3.05) is 6.54 Å². The number of rotatable bonds is 5. The molecule has 4 nitrogen and oxygen atoms in total. The van der Waals surface area contributed by atoms with Gasteiger partial charge >= 0.3 is 0 Å². The van der Waals surface area contributed by atoms with Crippen molar-refractivity contribution in [2.45, 2.75) is 19.9 Å². The van der Waals surface area contributed by atoms with Crippen molar-refractivity contribution < 1.29 is 4.39 Å². The Bertz CT molecular complexity index is 548. The van der Waals surface area contributed by atoms with Gasteiger partial charge in [-0.3, -0.25) is 0 Å². The summed E-state index contributed by atoms with van der Waals surface area (Å²) in [6, 6.07) is 5.11. The Balaban J connectivity index is 2.32. The Morgan fingerprint density at radius 1 is 1.42 bits per heavy atom. The van der Waals surface area contributed by atoms with Gasteiger partial charge in [0, 0.05) is 19.2 Å². The van der Waals surface area contributed by atoms with E-state index in [0.29, 0.717) is 15.9 Å². The first-order valence-corrected chi connectivity index (χ1v) is 6.97. The lowest BCUT2D eigenvalue weighted by Gasteiger charge is -2.08. The van der Waals surface area contributed by atoms with Crippen LogP contribution < -0.4 is 5.32 Å². The summed E-state index contributed by atoms with van der Waals surface area (Å²) in [5.41, 5.74) is 2.20. The normalized spacial score (nSPS) is 10.9. The minimum absolute atomic E-state index is 0.273. The fourth-order valence-corrected chi connectivity index (χ4v) is 2.43. The molecule has 0 fully saturated rings. The quantitative estimate of drug-likeness (QED) is 0.859. The zero-order valence-electron chi connectivity index (χ0n) is 11.0. The van der Waals surface area contributed by atoms with E-state index < -0.39 is 0 Å². The molecule has 1 N–H and O–H groups in total. The van der Waals surface area contributed by atoms with Crippen molar-refractivity contribution in [1.82, 2.24) is 20.3 Å². The van der Waals surface area contributed by atoms with Gasteiger partial charge in [-0.05, 0) is 46.6 Å². The molecule has 0 unspecified atom stereocenters. The summed E-state index contributed by atoms with van der Waals surface area (Å²) in [5, 5.41) is 11.1. The number of benzene rings is 1. The maximum atomic E-state index is 14.0. The van der Waals surface area contributed by atoms with Crippen LogP contribution in [0.5, 0.6) is 0 Å². The summed E-state index contributed by atoms with van der Waals surface area (Å²) in [5.74, 6) is -0.273. The summed E-state index contributed by atoms with van der Waals surface area (Å²) in [7, 11) is 1.74. The van der Waals surface area contributed by atoms with E-state index >= 15 is 0 Å². The zero-order chi connectivity index (χ0) is 13.8. The molecule has 0 aliphatic rings. The van der Waals surface area contributed by atoms with Crippen molar-refractivity contribution in [3.63, 3.8) is 0 Å². The predicted octanol–water partition coefficient (Wildman–Crippen LogP) is 2.88. The third kappa shape index (κ3) is 3.19. The Hall–Kier alpha value is -1.27. The van der Waals surface area contributed by atoms with Gasteiger partial charge in [0.05, 0.1) is 0 Å². The first-order chi connectivity index (χ1) is 9.13. The number of halogens is 2. The Kier molecular flexibility index (Phi) is 4.66. The molecule has 0 aliphatic carbocycles. The molecule has 0 spiro atoms. The van der Waals surface area contributed by atoms with Crippen molar-refractivity contribution in [3.8, 4) is 11.3 Å². The van der Waals surface area contributed by atoms with Crippen LogP contribution in [0.2, 0.25) is 0 Å². The second kappa shape index (κ2) is 6.25. The van der Waals surface area contributed by atoms with E-state index in [4.69, 9.17) is 0 Å². The average Bonchev–Trinajstić information content (AvgIpc) is 2.72. The fourth-order valence-electron chi connectivity index (χ4n) is 1.89. The number of hydrogen-bond donors (Lipinski definition) is 1. The molecule has 0 atom stereocenters. The van der Waals surface area contributed by atoms with Crippen LogP contribution in [-0.2, 0) is 13.6 Å².